The van der Waals surface area contributed by atoms with Gasteiger partial charge in [0.1, 0.15) is 0 Å². The lowest BCUT2D eigenvalue weighted by Crippen LogP contribution is -2.14. The SMILES string of the molecule is COc1cc(C(C)=O)ccc1OCCCC(=O)Nc1cccc(NC(=O)c2ccccc2)c1. The van der Waals surface area contributed by atoms with E-state index >= 15 is 0 Å². The molecule has 2 N–H and O–H groups in total. The van der Waals surface area contributed by atoms with Crippen LogP contribution in [0.15, 0.2) is 72.8 Å². The van der Waals surface area contributed by atoms with Gasteiger partial charge in [0.2, 0.25) is 5.91 Å². The maximum Gasteiger partial charge on any atom is 0.255 e. The Bertz CT molecular complexity index is 1130. The Labute approximate surface area is 192 Å². The van der Waals surface area contributed by atoms with E-state index in [4.69, 9.17) is 9.47 Å². The lowest BCUT2D eigenvalue weighted by atomic mass is 10.1. The highest BCUT2D eigenvalue weighted by Crippen LogP contribution is 2.28. The number of hydrogen-bond acceptors (Lipinski definition) is 5. The Morgan fingerprint density at radius 1 is 0.788 bits per heavy atom. The Balaban J connectivity index is 1.47. The number of carbonyl (C=O) groups excluding carboxylic acids is 3. The minimum Gasteiger partial charge on any atom is -0.493 e. The van der Waals surface area contributed by atoms with Crippen molar-refractivity contribution < 1.29 is 23.9 Å². The topological polar surface area (TPSA) is 93.7 Å². The van der Waals surface area contributed by atoms with Crippen molar-refractivity contribution >= 4 is 29.0 Å². The van der Waals surface area contributed by atoms with Gasteiger partial charge >= 0.3 is 0 Å². The largest absolute Gasteiger partial charge is 0.493 e. The zero-order valence-corrected chi connectivity index (χ0v) is 18.6. The predicted molar refractivity (Wildman–Crippen MR) is 127 cm³/mol. The smallest absolute Gasteiger partial charge is 0.255 e. The molecule has 33 heavy (non-hydrogen) atoms. The summed E-state index contributed by atoms with van der Waals surface area (Å²) in [6.45, 7) is 1.80. The van der Waals surface area contributed by atoms with Crippen molar-refractivity contribution in [1.82, 2.24) is 0 Å². The molecule has 0 aliphatic carbocycles. The third-order valence-electron chi connectivity index (χ3n) is 4.82. The summed E-state index contributed by atoms with van der Waals surface area (Å²) in [6, 6.07) is 20.9. The Morgan fingerprint density at radius 3 is 2.21 bits per heavy atom. The van der Waals surface area contributed by atoms with Gasteiger partial charge in [-0.05, 0) is 61.9 Å². The summed E-state index contributed by atoms with van der Waals surface area (Å²) in [5, 5.41) is 5.65. The van der Waals surface area contributed by atoms with E-state index < -0.39 is 0 Å². The molecule has 3 aromatic rings. The van der Waals surface area contributed by atoms with E-state index in [-0.39, 0.29) is 24.0 Å². The average molecular weight is 447 g/mol. The first-order valence-electron chi connectivity index (χ1n) is 10.5. The number of nitrogens with one attached hydrogen (secondary N) is 2. The standard InChI is InChI=1S/C26H26N2O5/c1-18(29)20-13-14-23(24(16-20)32-2)33-15-7-12-25(30)27-21-10-6-11-22(17-21)28-26(31)19-8-4-3-5-9-19/h3-6,8-11,13-14,16-17H,7,12,15H2,1-2H3,(H,27,30)(H,28,31). The summed E-state index contributed by atoms with van der Waals surface area (Å²) < 4.78 is 11.0. The van der Waals surface area contributed by atoms with Gasteiger partial charge in [0.15, 0.2) is 17.3 Å². The van der Waals surface area contributed by atoms with Gasteiger partial charge < -0.3 is 20.1 Å². The van der Waals surface area contributed by atoms with Crippen molar-refractivity contribution in [2.24, 2.45) is 0 Å². The van der Waals surface area contributed by atoms with Crippen LogP contribution in [0.3, 0.4) is 0 Å². The van der Waals surface area contributed by atoms with Crippen molar-refractivity contribution in [1.29, 1.82) is 0 Å². The highest BCUT2D eigenvalue weighted by molar-refractivity contribution is 6.04. The molecule has 0 radical (unpaired) electrons. The maximum absolute atomic E-state index is 12.3. The molecule has 7 heteroatoms. The summed E-state index contributed by atoms with van der Waals surface area (Å²) in [7, 11) is 1.51. The Morgan fingerprint density at radius 2 is 1.52 bits per heavy atom. The van der Waals surface area contributed by atoms with E-state index in [2.05, 4.69) is 10.6 Å². The van der Waals surface area contributed by atoms with Gasteiger partial charge in [-0.1, -0.05) is 24.3 Å². The predicted octanol–water partition coefficient (Wildman–Crippen LogP) is 4.95. The molecule has 2 amide bonds. The Kier molecular flexibility index (Phi) is 8.18. The molecule has 0 heterocycles. The number of benzene rings is 3. The van der Waals surface area contributed by atoms with E-state index in [1.165, 1.54) is 14.0 Å². The first-order chi connectivity index (χ1) is 16.0. The van der Waals surface area contributed by atoms with E-state index in [9.17, 15) is 14.4 Å². The van der Waals surface area contributed by atoms with Crippen LogP contribution in [0.1, 0.15) is 40.5 Å². The van der Waals surface area contributed by atoms with Gasteiger partial charge in [-0.25, -0.2) is 0 Å². The highest BCUT2D eigenvalue weighted by Gasteiger charge is 2.10. The summed E-state index contributed by atoms with van der Waals surface area (Å²) in [6.07, 6.45) is 0.752. The van der Waals surface area contributed by atoms with Crippen LogP contribution in [-0.4, -0.2) is 31.3 Å². The molecule has 0 saturated carbocycles. The second-order valence-electron chi connectivity index (χ2n) is 7.32. The fraction of sp³-hybridized carbons (Fsp3) is 0.192. The van der Waals surface area contributed by atoms with Gasteiger partial charge in [0.25, 0.3) is 5.91 Å². The summed E-state index contributed by atoms with van der Waals surface area (Å²) in [5.74, 6) is 0.554. The van der Waals surface area contributed by atoms with Crippen molar-refractivity contribution in [3.8, 4) is 11.5 Å². The number of ketones is 1. The Hall–Kier alpha value is -4.13. The minimum absolute atomic E-state index is 0.0553. The first-order valence-corrected chi connectivity index (χ1v) is 10.5. The quantitative estimate of drug-likeness (QED) is 0.340. The molecule has 3 rings (SSSR count). The fourth-order valence-electron chi connectivity index (χ4n) is 3.11. The van der Waals surface area contributed by atoms with Crippen LogP contribution in [0, 0.1) is 0 Å². The fourth-order valence-corrected chi connectivity index (χ4v) is 3.11. The van der Waals surface area contributed by atoms with Gasteiger partial charge in [-0.2, -0.15) is 0 Å². The van der Waals surface area contributed by atoms with Crippen molar-refractivity contribution in [3.05, 3.63) is 83.9 Å². The molecule has 0 aliphatic heterocycles. The maximum atomic E-state index is 12.3. The van der Waals surface area contributed by atoms with Crippen molar-refractivity contribution in [3.63, 3.8) is 0 Å². The molecule has 0 fully saturated rings. The van der Waals surface area contributed by atoms with Gasteiger partial charge in [0.05, 0.1) is 13.7 Å². The van der Waals surface area contributed by atoms with Gasteiger partial charge in [-0.15, -0.1) is 0 Å². The zero-order valence-electron chi connectivity index (χ0n) is 18.6. The molecule has 7 nitrogen and oxygen atoms in total. The monoisotopic (exact) mass is 446 g/mol. The van der Waals surface area contributed by atoms with Gasteiger partial charge in [-0.3, -0.25) is 14.4 Å². The first kappa shape index (κ1) is 23.5. The van der Waals surface area contributed by atoms with Crippen molar-refractivity contribution in [2.75, 3.05) is 24.4 Å². The van der Waals surface area contributed by atoms with Crippen LogP contribution in [0.2, 0.25) is 0 Å². The summed E-state index contributed by atoms with van der Waals surface area (Å²) in [4.78, 5) is 36.1. The third kappa shape index (κ3) is 6.93. The van der Waals surface area contributed by atoms with Gasteiger partial charge in [0, 0.05) is 28.9 Å². The number of Topliss-reactive ketones (excluding diaryl/α,β-unsaturated/α-hetero) is 1. The molecule has 0 atom stereocenters. The molecule has 3 aromatic carbocycles. The van der Waals surface area contributed by atoms with E-state index in [1.807, 2.05) is 6.07 Å². The molecule has 0 aromatic heterocycles. The molecule has 0 aliphatic rings. The number of rotatable bonds is 10. The van der Waals surface area contributed by atoms with E-state index in [0.717, 1.165) is 0 Å². The molecule has 0 spiro atoms. The van der Waals surface area contributed by atoms with Crippen LogP contribution in [0.25, 0.3) is 0 Å². The lowest BCUT2D eigenvalue weighted by molar-refractivity contribution is -0.116. The number of hydrogen-bond donors (Lipinski definition) is 2. The number of amides is 2. The second-order valence-corrected chi connectivity index (χ2v) is 7.32. The zero-order chi connectivity index (χ0) is 23.6. The van der Waals surface area contributed by atoms with E-state index in [0.29, 0.717) is 47.0 Å². The minimum atomic E-state index is -0.219. The molecular weight excluding hydrogens is 420 g/mol. The lowest BCUT2D eigenvalue weighted by Gasteiger charge is -2.12. The second kappa shape index (κ2) is 11.5. The van der Waals surface area contributed by atoms with Crippen LogP contribution in [-0.2, 0) is 4.79 Å². The van der Waals surface area contributed by atoms with Crippen LogP contribution in [0.4, 0.5) is 11.4 Å². The van der Waals surface area contributed by atoms with Crippen LogP contribution in [0.5, 0.6) is 11.5 Å². The third-order valence-corrected chi connectivity index (χ3v) is 4.82. The number of anilines is 2. The van der Waals surface area contributed by atoms with Crippen LogP contribution >= 0.6 is 0 Å². The summed E-state index contributed by atoms with van der Waals surface area (Å²) >= 11 is 0. The van der Waals surface area contributed by atoms with Crippen molar-refractivity contribution in [2.45, 2.75) is 19.8 Å². The molecule has 0 bridgehead atoms. The summed E-state index contributed by atoms with van der Waals surface area (Å²) in [5.41, 5.74) is 2.28. The van der Waals surface area contributed by atoms with E-state index in [1.54, 1.807) is 66.7 Å². The molecular formula is C26H26N2O5. The average Bonchev–Trinajstić information content (AvgIpc) is 2.82. The molecule has 170 valence electrons. The number of methoxy groups -OCH3 is 1. The number of carbonyl (C=O) groups is 3. The van der Waals surface area contributed by atoms with Crippen LogP contribution < -0.4 is 20.1 Å². The normalized spacial score (nSPS) is 10.2. The molecule has 0 unspecified atom stereocenters. The highest BCUT2D eigenvalue weighted by atomic mass is 16.5. The molecule has 0 saturated heterocycles. The number of ether oxygens (including phenoxy) is 2.